The van der Waals surface area contributed by atoms with E-state index in [1.165, 1.54) is 5.56 Å². The minimum absolute atomic E-state index is 0.0586. The lowest BCUT2D eigenvalue weighted by Crippen LogP contribution is -2.57. The second kappa shape index (κ2) is 5.48. The molecule has 2 aromatic rings. The van der Waals surface area contributed by atoms with Gasteiger partial charge in [-0.25, -0.2) is 0 Å². The van der Waals surface area contributed by atoms with Crippen LogP contribution in [0.5, 0.6) is 0 Å². The summed E-state index contributed by atoms with van der Waals surface area (Å²) in [4.78, 5) is 26.6. The second-order valence-corrected chi connectivity index (χ2v) is 5.86. The maximum absolute atomic E-state index is 12.9. The Kier molecular flexibility index (Phi) is 3.64. The minimum Gasteiger partial charge on any atom is -0.353 e. The number of nitrogens with one attached hydrogen (secondary N) is 1. The summed E-state index contributed by atoms with van der Waals surface area (Å²) in [7, 11) is 1.90. The Hall–Kier alpha value is -2.30. The Labute approximate surface area is 129 Å². The van der Waals surface area contributed by atoms with Gasteiger partial charge in [0, 0.05) is 31.0 Å². The van der Waals surface area contributed by atoms with Crippen molar-refractivity contribution in [1.29, 1.82) is 0 Å². The van der Waals surface area contributed by atoms with E-state index in [9.17, 15) is 9.59 Å². The van der Waals surface area contributed by atoms with Gasteiger partial charge < -0.3 is 14.8 Å². The van der Waals surface area contributed by atoms with Crippen molar-refractivity contribution >= 4 is 22.7 Å². The van der Waals surface area contributed by atoms with Crippen LogP contribution < -0.4 is 5.32 Å². The monoisotopic (exact) mass is 299 g/mol. The number of fused-ring (bicyclic) bond motifs is 1. The maximum Gasteiger partial charge on any atom is 0.271 e. The first-order chi connectivity index (χ1) is 10.5. The zero-order valence-corrected chi connectivity index (χ0v) is 13.2. The molecule has 0 aliphatic carbocycles. The lowest BCUT2D eigenvalue weighted by molar-refractivity contribution is -0.127. The molecule has 116 valence electrons. The Morgan fingerprint density at radius 1 is 1.36 bits per heavy atom. The first-order valence-electron chi connectivity index (χ1n) is 7.67. The van der Waals surface area contributed by atoms with Gasteiger partial charge in [-0.2, -0.15) is 0 Å². The van der Waals surface area contributed by atoms with Gasteiger partial charge in [-0.3, -0.25) is 9.59 Å². The van der Waals surface area contributed by atoms with Crippen LogP contribution in [0.2, 0.25) is 0 Å². The second-order valence-electron chi connectivity index (χ2n) is 5.86. The number of hydrogen-bond donors (Lipinski definition) is 1. The van der Waals surface area contributed by atoms with Crippen LogP contribution in [0.1, 0.15) is 29.4 Å². The molecule has 0 saturated carbocycles. The van der Waals surface area contributed by atoms with Crippen LogP contribution in [0.3, 0.4) is 0 Å². The van der Waals surface area contributed by atoms with Crippen LogP contribution >= 0.6 is 0 Å². The van der Waals surface area contributed by atoms with Crippen LogP contribution in [-0.2, 0) is 11.8 Å². The molecule has 0 spiro atoms. The van der Waals surface area contributed by atoms with Gasteiger partial charge in [-0.1, -0.05) is 18.6 Å². The number of piperazine rings is 1. The Morgan fingerprint density at radius 3 is 2.86 bits per heavy atom. The molecular formula is C17H21N3O2. The smallest absolute Gasteiger partial charge is 0.271 e. The summed E-state index contributed by atoms with van der Waals surface area (Å²) in [6.45, 7) is 5.05. The zero-order chi connectivity index (χ0) is 15.9. The van der Waals surface area contributed by atoms with Crippen molar-refractivity contribution in [1.82, 2.24) is 14.8 Å². The third-order valence-corrected chi connectivity index (χ3v) is 4.40. The van der Waals surface area contributed by atoms with E-state index in [2.05, 4.69) is 11.4 Å². The van der Waals surface area contributed by atoms with Gasteiger partial charge in [0.05, 0.1) is 0 Å². The third kappa shape index (κ3) is 2.26. The number of carbonyl (C=O) groups is 2. The molecule has 1 atom stereocenters. The summed E-state index contributed by atoms with van der Waals surface area (Å²) >= 11 is 0. The van der Waals surface area contributed by atoms with E-state index < -0.39 is 0 Å². The van der Waals surface area contributed by atoms with Crippen LogP contribution in [0.4, 0.5) is 0 Å². The third-order valence-electron chi connectivity index (χ3n) is 4.40. The molecular weight excluding hydrogens is 278 g/mol. The lowest BCUT2D eigenvalue weighted by Gasteiger charge is -2.34. The summed E-state index contributed by atoms with van der Waals surface area (Å²) in [6.07, 6.45) is 0.626. The molecule has 5 heteroatoms. The Morgan fingerprint density at radius 2 is 2.14 bits per heavy atom. The van der Waals surface area contributed by atoms with E-state index in [0.29, 0.717) is 25.2 Å². The van der Waals surface area contributed by atoms with Crippen LogP contribution in [0, 0.1) is 6.92 Å². The molecule has 1 fully saturated rings. The first kappa shape index (κ1) is 14.6. The summed E-state index contributed by atoms with van der Waals surface area (Å²) in [6, 6.07) is 7.69. The highest BCUT2D eigenvalue weighted by Gasteiger charge is 2.33. The number of carbonyl (C=O) groups excluding carboxylic acids is 2. The highest BCUT2D eigenvalue weighted by Crippen LogP contribution is 2.22. The average Bonchev–Trinajstić information content (AvgIpc) is 2.82. The standard InChI is InChI=1S/C17H21N3O2/c1-4-13-16(21)18-7-8-20(13)17(22)15-10-12-9-11(2)5-6-14(12)19(15)3/h5-6,9-10,13H,4,7-8H2,1-3H3,(H,18,21). The van der Waals surface area contributed by atoms with Gasteiger partial charge in [-0.15, -0.1) is 0 Å². The Bertz CT molecular complexity index is 748. The van der Waals surface area contributed by atoms with E-state index in [1.54, 1.807) is 4.90 Å². The SMILES string of the molecule is CCC1C(=O)NCCN1C(=O)c1cc2cc(C)ccc2n1C. The first-order valence-corrected chi connectivity index (χ1v) is 7.67. The van der Waals surface area contributed by atoms with Crippen LogP contribution in [-0.4, -0.2) is 40.4 Å². The maximum atomic E-state index is 12.9. The van der Waals surface area contributed by atoms with Gasteiger partial charge in [0.1, 0.15) is 11.7 Å². The molecule has 1 saturated heterocycles. The van der Waals surface area contributed by atoms with E-state index in [-0.39, 0.29) is 17.9 Å². The molecule has 22 heavy (non-hydrogen) atoms. The van der Waals surface area contributed by atoms with Crippen molar-refractivity contribution in [3.05, 3.63) is 35.5 Å². The normalized spacial score (nSPS) is 18.6. The van der Waals surface area contributed by atoms with Crippen molar-refractivity contribution in [2.75, 3.05) is 13.1 Å². The quantitative estimate of drug-likeness (QED) is 0.920. The predicted octanol–water partition coefficient (Wildman–Crippen LogP) is 1.84. The number of aryl methyl sites for hydroxylation is 2. The fourth-order valence-corrected chi connectivity index (χ4v) is 3.18. The molecule has 0 bridgehead atoms. The van der Waals surface area contributed by atoms with Crippen molar-refractivity contribution in [2.24, 2.45) is 7.05 Å². The number of nitrogens with zero attached hydrogens (tertiary/aromatic N) is 2. The zero-order valence-electron chi connectivity index (χ0n) is 13.2. The number of aromatic nitrogens is 1. The number of amides is 2. The van der Waals surface area contributed by atoms with Crippen LogP contribution in [0.15, 0.2) is 24.3 Å². The molecule has 1 aliphatic heterocycles. The molecule has 1 aromatic carbocycles. The van der Waals surface area contributed by atoms with E-state index in [4.69, 9.17) is 0 Å². The van der Waals surface area contributed by atoms with E-state index >= 15 is 0 Å². The van der Waals surface area contributed by atoms with Gasteiger partial charge in [-0.05, 0) is 31.5 Å². The number of hydrogen-bond acceptors (Lipinski definition) is 2. The summed E-state index contributed by atoms with van der Waals surface area (Å²) in [5.74, 6) is -0.130. The summed E-state index contributed by atoms with van der Waals surface area (Å²) in [5.41, 5.74) is 2.83. The lowest BCUT2D eigenvalue weighted by atomic mass is 10.1. The van der Waals surface area contributed by atoms with Crippen molar-refractivity contribution in [3.8, 4) is 0 Å². The van der Waals surface area contributed by atoms with Gasteiger partial charge in [0.25, 0.3) is 5.91 Å². The number of benzene rings is 1. The topological polar surface area (TPSA) is 54.3 Å². The molecule has 0 radical (unpaired) electrons. The Balaban J connectivity index is 2.01. The fourth-order valence-electron chi connectivity index (χ4n) is 3.18. The molecule has 1 aliphatic rings. The predicted molar refractivity (Wildman–Crippen MR) is 85.8 cm³/mol. The van der Waals surface area contributed by atoms with E-state index in [0.717, 1.165) is 10.9 Å². The van der Waals surface area contributed by atoms with Crippen molar-refractivity contribution in [2.45, 2.75) is 26.3 Å². The fraction of sp³-hybridized carbons (Fsp3) is 0.412. The minimum atomic E-state index is -0.374. The molecule has 1 N–H and O–H groups in total. The molecule has 2 heterocycles. The summed E-state index contributed by atoms with van der Waals surface area (Å²) in [5, 5.41) is 3.88. The number of rotatable bonds is 2. The molecule has 1 unspecified atom stereocenters. The highest BCUT2D eigenvalue weighted by atomic mass is 16.2. The average molecular weight is 299 g/mol. The van der Waals surface area contributed by atoms with Gasteiger partial charge in [0.2, 0.25) is 5.91 Å². The molecule has 3 rings (SSSR count). The molecule has 2 amide bonds. The largest absolute Gasteiger partial charge is 0.353 e. The van der Waals surface area contributed by atoms with Crippen molar-refractivity contribution in [3.63, 3.8) is 0 Å². The highest BCUT2D eigenvalue weighted by molar-refractivity contribution is 6.01. The summed E-state index contributed by atoms with van der Waals surface area (Å²) < 4.78 is 1.91. The van der Waals surface area contributed by atoms with Crippen LogP contribution in [0.25, 0.3) is 10.9 Å². The van der Waals surface area contributed by atoms with Crippen molar-refractivity contribution < 1.29 is 9.59 Å². The molecule has 5 nitrogen and oxygen atoms in total. The van der Waals surface area contributed by atoms with E-state index in [1.807, 2.05) is 43.7 Å². The van der Waals surface area contributed by atoms with Gasteiger partial charge in [0.15, 0.2) is 0 Å². The molecule has 1 aromatic heterocycles. The van der Waals surface area contributed by atoms with Gasteiger partial charge >= 0.3 is 0 Å².